The third-order valence-electron chi connectivity index (χ3n) is 3.15. The first-order chi connectivity index (χ1) is 8.99. The fourth-order valence-electron chi connectivity index (χ4n) is 1.66. The van der Waals surface area contributed by atoms with Crippen LogP contribution in [-0.4, -0.2) is 30.8 Å². The number of hydrogen-bond donors (Lipinski definition) is 1. The predicted molar refractivity (Wildman–Crippen MR) is 87.4 cm³/mol. The zero-order valence-electron chi connectivity index (χ0n) is 13.8. The van der Waals surface area contributed by atoms with Crippen molar-refractivity contribution >= 4 is 25.7 Å². The molecule has 116 valence electrons. The normalized spacial score (nSPS) is 10.5. The van der Waals surface area contributed by atoms with Gasteiger partial charge in [0.2, 0.25) is 0 Å². The summed E-state index contributed by atoms with van der Waals surface area (Å²) in [7, 11) is 0. The molecular weight excluding hydrogens is 343 g/mol. The molecule has 0 saturated heterocycles. The summed E-state index contributed by atoms with van der Waals surface area (Å²) in [5, 5.41) is 7.99. The molecule has 0 rings (SSSR count). The molecule has 0 aromatic rings. The molecular formula is C16H35O2Sn-. The van der Waals surface area contributed by atoms with E-state index >= 15 is 0 Å². The van der Waals surface area contributed by atoms with Gasteiger partial charge >= 0.3 is 98.3 Å². The van der Waals surface area contributed by atoms with E-state index in [2.05, 4.69) is 20.8 Å². The zero-order chi connectivity index (χ0) is 15.1. The van der Waals surface area contributed by atoms with E-state index in [4.69, 9.17) is 5.11 Å². The van der Waals surface area contributed by atoms with Gasteiger partial charge in [0.05, 0.1) is 5.92 Å². The van der Waals surface area contributed by atoms with Crippen molar-refractivity contribution in [2.24, 2.45) is 5.92 Å². The van der Waals surface area contributed by atoms with Gasteiger partial charge in [-0.25, -0.2) is 0 Å². The summed E-state index contributed by atoms with van der Waals surface area (Å²) in [6.07, 6.45) is 8.85. The van der Waals surface area contributed by atoms with Gasteiger partial charge in [0.25, 0.3) is 0 Å². The van der Waals surface area contributed by atoms with E-state index in [1.165, 1.54) is 38.5 Å². The SMILES string of the molecule is CC(C)C(=O)O.CCC[CH2][Sn-]([CH2]CCC)[CH2]CCC. The Balaban J connectivity index is 0. The number of aliphatic carboxylic acids is 1. The van der Waals surface area contributed by atoms with E-state index in [-0.39, 0.29) is 5.92 Å². The number of unbranched alkanes of at least 4 members (excludes halogenated alkanes) is 3. The van der Waals surface area contributed by atoms with Crippen LogP contribution in [0.4, 0.5) is 0 Å². The van der Waals surface area contributed by atoms with Gasteiger partial charge in [-0.2, -0.15) is 0 Å². The molecule has 0 amide bonds. The molecule has 19 heavy (non-hydrogen) atoms. The summed E-state index contributed by atoms with van der Waals surface area (Å²) in [6, 6.07) is 0. The van der Waals surface area contributed by atoms with Crippen molar-refractivity contribution in [1.82, 2.24) is 0 Å². The molecule has 0 unspecified atom stereocenters. The topological polar surface area (TPSA) is 37.3 Å². The molecule has 0 fully saturated rings. The average molecular weight is 378 g/mol. The first-order valence-corrected chi connectivity index (χ1v) is 14.1. The van der Waals surface area contributed by atoms with Crippen molar-refractivity contribution in [2.45, 2.75) is 86.5 Å². The Morgan fingerprint density at radius 3 is 1.32 bits per heavy atom. The molecule has 0 bridgehead atoms. The Hall–Kier alpha value is 0.269. The molecule has 1 N–H and O–H groups in total. The zero-order valence-corrected chi connectivity index (χ0v) is 16.7. The fraction of sp³-hybridized carbons (Fsp3) is 0.938. The second-order valence-electron chi connectivity index (χ2n) is 5.55. The van der Waals surface area contributed by atoms with Crippen molar-refractivity contribution < 1.29 is 9.90 Å². The molecule has 0 aromatic carbocycles. The molecule has 0 spiro atoms. The molecule has 0 saturated carbocycles. The Morgan fingerprint density at radius 1 is 0.895 bits per heavy atom. The third kappa shape index (κ3) is 18.3. The molecule has 0 aromatic heterocycles. The number of carbonyl (C=O) groups is 1. The first kappa shape index (κ1) is 21.6. The predicted octanol–water partition coefficient (Wildman–Crippen LogP) is 5.61. The summed E-state index contributed by atoms with van der Waals surface area (Å²) in [6.45, 7) is 10.3. The van der Waals surface area contributed by atoms with Crippen molar-refractivity contribution in [2.75, 3.05) is 0 Å². The van der Waals surface area contributed by atoms with Crippen LogP contribution in [0.15, 0.2) is 0 Å². The van der Waals surface area contributed by atoms with Crippen LogP contribution in [-0.2, 0) is 4.79 Å². The van der Waals surface area contributed by atoms with Crippen LogP contribution < -0.4 is 0 Å². The van der Waals surface area contributed by atoms with E-state index < -0.39 is 25.7 Å². The first-order valence-electron chi connectivity index (χ1n) is 8.05. The molecule has 0 atom stereocenters. The van der Waals surface area contributed by atoms with Crippen molar-refractivity contribution in [1.29, 1.82) is 0 Å². The summed E-state index contributed by atoms with van der Waals surface area (Å²) in [5.41, 5.74) is 0. The van der Waals surface area contributed by atoms with Gasteiger partial charge in [0.15, 0.2) is 0 Å². The second kappa shape index (κ2) is 16.3. The van der Waals surface area contributed by atoms with Gasteiger partial charge in [-0.05, 0) is 0 Å². The van der Waals surface area contributed by atoms with Crippen LogP contribution >= 0.6 is 0 Å². The van der Waals surface area contributed by atoms with Crippen molar-refractivity contribution in [3.63, 3.8) is 0 Å². The summed E-state index contributed by atoms with van der Waals surface area (Å²) in [5.74, 6) is -0.972. The van der Waals surface area contributed by atoms with Gasteiger partial charge in [0.1, 0.15) is 0 Å². The Bertz CT molecular complexity index is 174. The van der Waals surface area contributed by atoms with Crippen molar-refractivity contribution in [3.05, 3.63) is 0 Å². The Labute approximate surface area is 128 Å². The van der Waals surface area contributed by atoms with E-state index in [0.717, 1.165) is 0 Å². The number of rotatable bonds is 10. The van der Waals surface area contributed by atoms with Gasteiger partial charge in [-0.3, -0.25) is 4.79 Å². The van der Waals surface area contributed by atoms with Crippen LogP contribution in [0.2, 0.25) is 13.3 Å². The monoisotopic (exact) mass is 379 g/mol. The van der Waals surface area contributed by atoms with E-state index in [0.29, 0.717) is 0 Å². The summed E-state index contributed by atoms with van der Waals surface area (Å²) >= 11 is -0.839. The van der Waals surface area contributed by atoms with E-state index in [9.17, 15) is 4.79 Å². The molecule has 2 nitrogen and oxygen atoms in total. The van der Waals surface area contributed by atoms with Crippen LogP contribution in [0.5, 0.6) is 0 Å². The second-order valence-corrected chi connectivity index (χ2v) is 14.1. The summed E-state index contributed by atoms with van der Waals surface area (Å²) in [4.78, 5) is 9.70. The molecule has 0 aliphatic heterocycles. The maximum atomic E-state index is 9.70. The van der Waals surface area contributed by atoms with Crippen LogP contribution in [0.3, 0.4) is 0 Å². The minimum absolute atomic E-state index is 0.231. The third-order valence-corrected chi connectivity index (χ3v) is 12.2. The van der Waals surface area contributed by atoms with E-state index in [1.54, 1.807) is 27.2 Å². The van der Waals surface area contributed by atoms with Crippen LogP contribution in [0.25, 0.3) is 0 Å². The maximum absolute atomic E-state index is 9.70. The average Bonchev–Trinajstić information content (AvgIpc) is 2.38. The fourth-order valence-corrected chi connectivity index (χ4v) is 11.1. The van der Waals surface area contributed by atoms with Gasteiger partial charge < -0.3 is 5.11 Å². The molecule has 0 heterocycles. The number of carboxylic acid groups (broad SMARTS) is 1. The van der Waals surface area contributed by atoms with Gasteiger partial charge in [-0.1, -0.05) is 13.8 Å². The van der Waals surface area contributed by atoms with Gasteiger partial charge in [0, 0.05) is 0 Å². The molecule has 0 radical (unpaired) electrons. The Kier molecular flexibility index (Phi) is 18.5. The molecule has 0 aliphatic carbocycles. The quantitative estimate of drug-likeness (QED) is 0.502. The van der Waals surface area contributed by atoms with Crippen molar-refractivity contribution in [3.8, 4) is 0 Å². The van der Waals surface area contributed by atoms with Gasteiger partial charge in [-0.15, -0.1) is 0 Å². The molecule has 0 aliphatic rings. The molecule has 3 heteroatoms. The Morgan fingerprint density at radius 2 is 1.16 bits per heavy atom. The number of carboxylic acids is 1. The number of hydrogen-bond acceptors (Lipinski definition) is 1. The minimum atomic E-state index is -0.839. The standard InChI is InChI=1S/C4H8O2.3C4H9.Sn/c1-3(2)4(5)6;3*1-3-4-2;/h3H,1-2H3,(H,5,6);3*1,3-4H2,2H3;/q;;;;-1. The van der Waals surface area contributed by atoms with Crippen LogP contribution in [0.1, 0.15) is 73.1 Å². The van der Waals surface area contributed by atoms with E-state index in [1.807, 2.05) is 0 Å². The summed E-state index contributed by atoms with van der Waals surface area (Å²) < 4.78 is 5.04. The van der Waals surface area contributed by atoms with Crippen LogP contribution in [0, 0.1) is 5.92 Å².